The summed E-state index contributed by atoms with van der Waals surface area (Å²) in [6, 6.07) is 7.74. The minimum Gasteiger partial charge on any atom is -0.491 e. The van der Waals surface area contributed by atoms with Crippen LogP contribution >= 0.6 is 0 Å². The van der Waals surface area contributed by atoms with Gasteiger partial charge in [0.05, 0.1) is 12.6 Å². The van der Waals surface area contributed by atoms with E-state index in [4.69, 9.17) is 4.74 Å². The fourth-order valence-electron chi connectivity index (χ4n) is 2.88. The van der Waals surface area contributed by atoms with Crippen LogP contribution in [-0.4, -0.2) is 55.9 Å². The van der Waals surface area contributed by atoms with Crippen molar-refractivity contribution < 1.29 is 17.9 Å². The molecule has 2 rings (SSSR count). The summed E-state index contributed by atoms with van der Waals surface area (Å²) in [5, 5.41) is 6.39. The highest BCUT2D eigenvalue weighted by atomic mass is 19.4. The molecular formula is C18H27F3N4O. The van der Waals surface area contributed by atoms with E-state index in [-0.39, 0.29) is 12.1 Å². The summed E-state index contributed by atoms with van der Waals surface area (Å²) in [5.41, 5.74) is 1.06. The van der Waals surface area contributed by atoms with Crippen LogP contribution in [0.15, 0.2) is 29.3 Å². The van der Waals surface area contributed by atoms with Crippen molar-refractivity contribution >= 4 is 5.96 Å². The Labute approximate surface area is 152 Å². The summed E-state index contributed by atoms with van der Waals surface area (Å²) in [6.45, 7) is 4.46. The van der Waals surface area contributed by atoms with E-state index in [2.05, 4.69) is 15.6 Å². The lowest BCUT2D eigenvalue weighted by Crippen LogP contribution is -2.44. The number of hydrogen-bond acceptors (Lipinski definition) is 3. The van der Waals surface area contributed by atoms with Crippen LogP contribution in [0.5, 0.6) is 5.75 Å². The predicted octanol–water partition coefficient (Wildman–Crippen LogP) is 2.78. The van der Waals surface area contributed by atoms with Crippen LogP contribution in [0.4, 0.5) is 13.2 Å². The first-order valence-electron chi connectivity index (χ1n) is 8.77. The predicted molar refractivity (Wildman–Crippen MR) is 96.4 cm³/mol. The molecule has 1 fully saturated rings. The number of halogens is 3. The molecule has 0 bridgehead atoms. The molecule has 0 amide bonds. The van der Waals surface area contributed by atoms with Crippen molar-refractivity contribution in [3.63, 3.8) is 0 Å². The molecule has 146 valence electrons. The average Bonchev–Trinajstić information content (AvgIpc) is 2.97. The summed E-state index contributed by atoms with van der Waals surface area (Å²) in [6.07, 6.45) is -3.36. The van der Waals surface area contributed by atoms with E-state index >= 15 is 0 Å². The maximum atomic E-state index is 12.5. The van der Waals surface area contributed by atoms with Crippen molar-refractivity contribution in [3.8, 4) is 5.75 Å². The number of guanidine groups is 1. The van der Waals surface area contributed by atoms with Crippen LogP contribution < -0.4 is 15.4 Å². The van der Waals surface area contributed by atoms with Crippen molar-refractivity contribution in [2.45, 2.75) is 45.1 Å². The van der Waals surface area contributed by atoms with Gasteiger partial charge in [0, 0.05) is 32.7 Å². The SMILES string of the molecule is CN=C(NCc1ccc(OC(C)C)cc1)NC1CCN(CC(F)(F)F)C1. The molecule has 1 heterocycles. The van der Waals surface area contributed by atoms with E-state index < -0.39 is 12.7 Å². The lowest BCUT2D eigenvalue weighted by atomic mass is 10.2. The molecule has 26 heavy (non-hydrogen) atoms. The van der Waals surface area contributed by atoms with Gasteiger partial charge in [0.25, 0.3) is 0 Å². The lowest BCUT2D eigenvalue weighted by molar-refractivity contribution is -0.143. The number of hydrogen-bond donors (Lipinski definition) is 2. The zero-order chi connectivity index (χ0) is 19.2. The molecule has 1 aliphatic rings. The van der Waals surface area contributed by atoms with Gasteiger partial charge in [-0.2, -0.15) is 13.2 Å². The number of likely N-dealkylation sites (tertiary alicyclic amines) is 1. The number of benzene rings is 1. The molecule has 0 radical (unpaired) electrons. The molecule has 1 aromatic rings. The van der Waals surface area contributed by atoms with Gasteiger partial charge in [-0.3, -0.25) is 9.89 Å². The van der Waals surface area contributed by atoms with Crippen LogP contribution in [-0.2, 0) is 6.54 Å². The van der Waals surface area contributed by atoms with Crippen molar-refractivity contribution in [3.05, 3.63) is 29.8 Å². The Morgan fingerprint density at radius 3 is 2.58 bits per heavy atom. The molecule has 0 spiro atoms. The van der Waals surface area contributed by atoms with E-state index in [1.54, 1.807) is 7.05 Å². The van der Waals surface area contributed by atoms with E-state index in [9.17, 15) is 13.2 Å². The molecule has 0 aliphatic carbocycles. The molecular weight excluding hydrogens is 345 g/mol. The van der Waals surface area contributed by atoms with E-state index in [0.717, 1.165) is 11.3 Å². The maximum Gasteiger partial charge on any atom is 0.401 e. The van der Waals surface area contributed by atoms with Crippen LogP contribution in [0, 0.1) is 0 Å². The van der Waals surface area contributed by atoms with Gasteiger partial charge in [0.1, 0.15) is 5.75 Å². The second-order valence-electron chi connectivity index (χ2n) is 6.72. The monoisotopic (exact) mass is 372 g/mol. The quantitative estimate of drug-likeness (QED) is 0.596. The summed E-state index contributed by atoms with van der Waals surface area (Å²) in [7, 11) is 1.65. The Kier molecular flexibility index (Phi) is 7.14. The Bertz CT molecular complexity index is 587. The molecule has 1 aromatic carbocycles. The Balaban J connectivity index is 1.78. The molecule has 1 aliphatic heterocycles. The molecule has 1 saturated heterocycles. The van der Waals surface area contributed by atoms with Crippen LogP contribution in [0.1, 0.15) is 25.8 Å². The van der Waals surface area contributed by atoms with Gasteiger partial charge in [0.15, 0.2) is 5.96 Å². The molecule has 0 saturated carbocycles. The highest BCUT2D eigenvalue weighted by molar-refractivity contribution is 5.80. The fraction of sp³-hybridized carbons (Fsp3) is 0.611. The van der Waals surface area contributed by atoms with Gasteiger partial charge in [-0.05, 0) is 38.0 Å². The highest BCUT2D eigenvalue weighted by Gasteiger charge is 2.34. The number of rotatable bonds is 6. The zero-order valence-electron chi connectivity index (χ0n) is 15.4. The smallest absolute Gasteiger partial charge is 0.401 e. The van der Waals surface area contributed by atoms with Gasteiger partial charge < -0.3 is 15.4 Å². The second kappa shape index (κ2) is 9.12. The van der Waals surface area contributed by atoms with Gasteiger partial charge >= 0.3 is 6.18 Å². The minimum atomic E-state index is -4.15. The number of nitrogens with zero attached hydrogens (tertiary/aromatic N) is 2. The average molecular weight is 372 g/mol. The number of aliphatic imine (C=N–C) groups is 1. The van der Waals surface area contributed by atoms with Crippen molar-refractivity contribution in [1.82, 2.24) is 15.5 Å². The Morgan fingerprint density at radius 1 is 1.31 bits per heavy atom. The highest BCUT2D eigenvalue weighted by Crippen LogP contribution is 2.20. The first-order chi connectivity index (χ1) is 12.2. The van der Waals surface area contributed by atoms with E-state index in [1.807, 2.05) is 38.1 Å². The molecule has 0 aromatic heterocycles. The van der Waals surface area contributed by atoms with Crippen LogP contribution in [0.2, 0.25) is 0 Å². The summed E-state index contributed by atoms with van der Waals surface area (Å²) >= 11 is 0. The van der Waals surface area contributed by atoms with Gasteiger partial charge in [-0.1, -0.05) is 12.1 Å². The maximum absolute atomic E-state index is 12.5. The van der Waals surface area contributed by atoms with Gasteiger partial charge in [-0.15, -0.1) is 0 Å². The third-order valence-corrected chi connectivity index (χ3v) is 3.99. The van der Waals surface area contributed by atoms with E-state index in [1.165, 1.54) is 4.90 Å². The first-order valence-corrected chi connectivity index (χ1v) is 8.77. The minimum absolute atomic E-state index is 0.0367. The third-order valence-electron chi connectivity index (χ3n) is 3.99. The zero-order valence-corrected chi connectivity index (χ0v) is 15.4. The fourth-order valence-corrected chi connectivity index (χ4v) is 2.88. The van der Waals surface area contributed by atoms with Crippen molar-refractivity contribution in [1.29, 1.82) is 0 Å². The normalized spacial score (nSPS) is 19.0. The molecule has 1 unspecified atom stereocenters. The Morgan fingerprint density at radius 2 is 2.00 bits per heavy atom. The molecule has 1 atom stereocenters. The van der Waals surface area contributed by atoms with Crippen LogP contribution in [0.25, 0.3) is 0 Å². The molecule has 5 nitrogen and oxygen atoms in total. The molecule has 2 N–H and O–H groups in total. The van der Waals surface area contributed by atoms with Gasteiger partial charge in [0.2, 0.25) is 0 Å². The number of nitrogens with one attached hydrogen (secondary N) is 2. The topological polar surface area (TPSA) is 48.9 Å². The first kappa shape index (κ1) is 20.4. The second-order valence-corrected chi connectivity index (χ2v) is 6.72. The molecule has 8 heteroatoms. The summed E-state index contributed by atoms with van der Waals surface area (Å²) in [4.78, 5) is 5.57. The largest absolute Gasteiger partial charge is 0.491 e. The van der Waals surface area contributed by atoms with E-state index in [0.29, 0.717) is 32.0 Å². The lowest BCUT2D eigenvalue weighted by Gasteiger charge is -2.20. The number of ether oxygens (including phenoxy) is 1. The Hall–Kier alpha value is -1.96. The van der Waals surface area contributed by atoms with Gasteiger partial charge in [-0.25, -0.2) is 0 Å². The van der Waals surface area contributed by atoms with Crippen molar-refractivity contribution in [2.24, 2.45) is 4.99 Å². The van der Waals surface area contributed by atoms with Crippen molar-refractivity contribution in [2.75, 3.05) is 26.7 Å². The summed E-state index contributed by atoms with van der Waals surface area (Å²) < 4.78 is 43.0. The third kappa shape index (κ3) is 7.11. The standard InChI is InChI=1S/C18H27F3N4O/c1-13(2)26-16-6-4-14(5-7-16)10-23-17(22-3)24-15-8-9-25(11-15)12-18(19,20)21/h4-7,13,15H,8-12H2,1-3H3,(H2,22,23,24). The number of alkyl halides is 3. The van der Waals surface area contributed by atoms with Crippen LogP contribution in [0.3, 0.4) is 0 Å². The summed E-state index contributed by atoms with van der Waals surface area (Å²) in [5.74, 6) is 1.41.